The fourth-order valence-corrected chi connectivity index (χ4v) is 1.93. The lowest BCUT2D eigenvalue weighted by atomic mass is 9.96. The van der Waals surface area contributed by atoms with Gasteiger partial charge in [0, 0.05) is 16.0 Å². The summed E-state index contributed by atoms with van der Waals surface area (Å²) >= 11 is 11.7. The van der Waals surface area contributed by atoms with E-state index in [0.29, 0.717) is 10.0 Å². The summed E-state index contributed by atoms with van der Waals surface area (Å²) in [5, 5.41) is 9.68. The molecule has 90 valence electrons. The lowest BCUT2D eigenvalue weighted by molar-refractivity contribution is -0.137. The Morgan fingerprint density at radius 1 is 1.44 bits per heavy atom. The van der Waals surface area contributed by atoms with E-state index in [-0.39, 0.29) is 31.3 Å². The van der Waals surface area contributed by atoms with Crippen LogP contribution in [0.15, 0.2) is 18.2 Å². The van der Waals surface area contributed by atoms with E-state index in [1.54, 1.807) is 18.2 Å². The smallest absolute Gasteiger partial charge is 0.304 e. The van der Waals surface area contributed by atoms with E-state index in [0.717, 1.165) is 5.56 Å². The summed E-state index contributed by atoms with van der Waals surface area (Å²) in [5.74, 6) is -1.16. The minimum Gasteiger partial charge on any atom is -0.481 e. The lowest BCUT2D eigenvalue weighted by Crippen LogP contribution is -2.16. The molecule has 0 aromatic heterocycles. The maximum Gasteiger partial charge on any atom is 0.304 e. The molecule has 0 aliphatic rings. The highest BCUT2D eigenvalue weighted by atomic mass is 35.5. The highest BCUT2D eigenvalue weighted by Crippen LogP contribution is 2.28. The fourth-order valence-electron chi connectivity index (χ4n) is 1.36. The third-order valence-electron chi connectivity index (χ3n) is 2.11. The van der Waals surface area contributed by atoms with Crippen molar-refractivity contribution in [1.82, 2.24) is 0 Å². The topological polar surface area (TPSA) is 63.3 Å². The average molecular weight is 285 g/mol. The molecule has 1 rings (SSSR count). The Labute approximate surface area is 110 Å². The third-order valence-corrected chi connectivity index (χ3v) is 2.67. The first kappa shape index (κ1) is 15.5. The van der Waals surface area contributed by atoms with Gasteiger partial charge in [0.05, 0.1) is 6.42 Å². The zero-order valence-corrected chi connectivity index (χ0v) is 10.6. The molecule has 0 saturated carbocycles. The van der Waals surface area contributed by atoms with Gasteiger partial charge in [0.2, 0.25) is 0 Å². The number of halogens is 3. The van der Waals surface area contributed by atoms with Crippen molar-refractivity contribution in [3.63, 3.8) is 0 Å². The van der Waals surface area contributed by atoms with Gasteiger partial charge in [-0.3, -0.25) is 4.79 Å². The van der Waals surface area contributed by atoms with Gasteiger partial charge in [-0.15, -0.1) is 12.4 Å². The van der Waals surface area contributed by atoms with Crippen LogP contribution in [0.4, 0.5) is 0 Å². The van der Waals surface area contributed by atoms with Crippen LogP contribution >= 0.6 is 35.6 Å². The summed E-state index contributed by atoms with van der Waals surface area (Å²) in [4.78, 5) is 10.6. The van der Waals surface area contributed by atoms with Gasteiger partial charge in [-0.1, -0.05) is 29.3 Å². The van der Waals surface area contributed by atoms with Gasteiger partial charge in [-0.25, -0.2) is 0 Å². The summed E-state index contributed by atoms with van der Waals surface area (Å²) in [5.41, 5.74) is 6.23. The predicted molar refractivity (Wildman–Crippen MR) is 67.8 cm³/mol. The van der Waals surface area contributed by atoms with Crippen LogP contribution in [0.5, 0.6) is 0 Å². The van der Waals surface area contributed by atoms with E-state index in [9.17, 15) is 4.79 Å². The highest BCUT2D eigenvalue weighted by Gasteiger charge is 2.16. The molecular weight excluding hydrogens is 272 g/mol. The first-order valence-corrected chi connectivity index (χ1v) is 5.17. The summed E-state index contributed by atoms with van der Waals surface area (Å²) in [6.45, 7) is 0.244. The summed E-state index contributed by atoms with van der Waals surface area (Å²) in [6, 6.07) is 4.97. The highest BCUT2D eigenvalue weighted by molar-refractivity contribution is 6.35. The molecule has 1 unspecified atom stereocenters. The van der Waals surface area contributed by atoms with Crippen LogP contribution in [0, 0.1) is 0 Å². The normalized spacial score (nSPS) is 11.7. The minimum atomic E-state index is -0.892. The maximum absolute atomic E-state index is 10.6. The number of carbonyl (C=O) groups is 1. The van der Waals surface area contributed by atoms with Crippen LogP contribution in [-0.4, -0.2) is 17.6 Å². The zero-order chi connectivity index (χ0) is 11.4. The molecule has 1 atom stereocenters. The minimum absolute atomic E-state index is 0. The van der Waals surface area contributed by atoms with Crippen molar-refractivity contribution in [1.29, 1.82) is 0 Å². The van der Waals surface area contributed by atoms with E-state index < -0.39 is 5.97 Å². The van der Waals surface area contributed by atoms with E-state index in [4.69, 9.17) is 34.0 Å². The number of benzene rings is 1. The van der Waals surface area contributed by atoms with Crippen LogP contribution in [0.3, 0.4) is 0 Å². The molecule has 3 N–H and O–H groups in total. The SMILES string of the molecule is Cl.NCC(CC(=O)O)c1ccc(Cl)cc1Cl. The van der Waals surface area contributed by atoms with E-state index in [1.165, 1.54) is 0 Å². The van der Waals surface area contributed by atoms with Crippen molar-refractivity contribution in [2.24, 2.45) is 5.73 Å². The lowest BCUT2D eigenvalue weighted by Gasteiger charge is -2.14. The maximum atomic E-state index is 10.6. The number of carboxylic acids is 1. The van der Waals surface area contributed by atoms with Crippen molar-refractivity contribution >= 4 is 41.6 Å². The zero-order valence-electron chi connectivity index (χ0n) is 8.32. The van der Waals surface area contributed by atoms with Gasteiger partial charge in [-0.05, 0) is 24.2 Å². The monoisotopic (exact) mass is 283 g/mol. The Kier molecular flexibility index (Phi) is 6.76. The molecule has 3 nitrogen and oxygen atoms in total. The molecule has 0 bridgehead atoms. The Morgan fingerprint density at radius 2 is 2.06 bits per heavy atom. The molecular formula is C10H12Cl3NO2. The van der Waals surface area contributed by atoms with Gasteiger partial charge in [0.25, 0.3) is 0 Å². The quantitative estimate of drug-likeness (QED) is 0.893. The Bertz CT molecular complexity index is 371. The molecule has 1 aromatic rings. The second kappa shape index (κ2) is 6.97. The Hall–Kier alpha value is -0.480. The molecule has 0 radical (unpaired) electrons. The molecule has 16 heavy (non-hydrogen) atoms. The average Bonchev–Trinajstić information content (AvgIpc) is 2.14. The van der Waals surface area contributed by atoms with Gasteiger partial charge < -0.3 is 10.8 Å². The van der Waals surface area contributed by atoms with Crippen LogP contribution in [-0.2, 0) is 4.79 Å². The third kappa shape index (κ3) is 4.18. The van der Waals surface area contributed by atoms with Crippen LogP contribution in [0.25, 0.3) is 0 Å². The van der Waals surface area contributed by atoms with Crippen molar-refractivity contribution < 1.29 is 9.90 Å². The molecule has 6 heteroatoms. The summed E-state index contributed by atoms with van der Waals surface area (Å²) in [6.07, 6.45) is -0.0299. The van der Waals surface area contributed by atoms with Crippen LogP contribution in [0.2, 0.25) is 10.0 Å². The number of rotatable bonds is 4. The van der Waals surface area contributed by atoms with E-state index in [2.05, 4.69) is 0 Å². The Morgan fingerprint density at radius 3 is 2.50 bits per heavy atom. The first-order chi connectivity index (χ1) is 7.04. The number of nitrogens with two attached hydrogens (primary N) is 1. The number of hydrogen-bond donors (Lipinski definition) is 2. The summed E-state index contributed by atoms with van der Waals surface area (Å²) in [7, 11) is 0. The predicted octanol–water partition coefficient (Wildman–Crippen LogP) is 2.93. The molecule has 0 spiro atoms. The second-order valence-corrected chi connectivity index (χ2v) is 4.04. The molecule has 0 saturated heterocycles. The largest absolute Gasteiger partial charge is 0.481 e. The first-order valence-electron chi connectivity index (χ1n) is 4.41. The van der Waals surface area contributed by atoms with Crippen molar-refractivity contribution in [2.45, 2.75) is 12.3 Å². The van der Waals surface area contributed by atoms with Gasteiger partial charge in [0.15, 0.2) is 0 Å². The number of aliphatic carboxylic acids is 1. The van der Waals surface area contributed by atoms with Gasteiger partial charge >= 0.3 is 5.97 Å². The van der Waals surface area contributed by atoms with Crippen LogP contribution in [0.1, 0.15) is 17.9 Å². The standard InChI is InChI=1S/C10H11Cl2NO2.ClH/c11-7-1-2-8(9(12)4-7)6(5-13)3-10(14)15;/h1-2,4,6H,3,5,13H2,(H,14,15);1H. The van der Waals surface area contributed by atoms with Crippen LogP contribution < -0.4 is 5.73 Å². The molecule has 0 amide bonds. The van der Waals surface area contributed by atoms with Crippen molar-refractivity contribution in [2.75, 3.05) is 6.54 Å². The molecule has 0 fully saturated rings. The fraction of sp³-hybridized carbons (Fsp3) is 0.300. The second-order valence-electron chi connectivity index (χ2n) is 3.20. The van der Waals surface area contributed by atoms with E-state index in [1.807, 2.05) is 0 Å². The van der Waals surface area contributed by atoms with Gasteiger partial charge in [-0.2, -0.15) is 0 Å². The molecule has 0 heterocycles. The van der Waals surface area contributed by atoms with Crippen molar-refractivity contribution in [3.05, 3.63) is 33.8 Å². The van der Waals surface area contributed by atoms with Gasteiger partial charge in [0.1, 0.15) is 0 Å². The molecule has 0 aliphatic heterocycles. The molecule has 0 aliphatic carbocycles. The molecule has 1 aromatic carbocycles. The number of hydrogen-bond acceptors (Lipinski definition) is 2. The van der Waals surface area contributed by atoms with E-state index >= 15 is 0 Å². The summed E-state index contributed by atoms with van der Waals surface area (Å²) < 4.78 is 0. The Balaban J connectivity index is 0.00000225. The number of carboxylic acid groups (broad SMARTS) is 1. The van der Waals surface area contributed by atoms with Crippen molar-refractivity contribution in [3.8, 4) is 0 Å².